The molecule has 3 N–H and O–H groups in total. The first kappa shape index (κ1) is 18.5. The zero-order chi connectivity index (χ0) is 17.9. The van der Waals surface area contributed by atoms with Crippen LogP contribution in [-0.2, 0) is 13.0 Å². The molecule has 0 aromatic heterocycles. The summed E-state index contributed by atoms with van der Waals surface area (Å²) in [4.78, 5) is 12.1. The summed E-state index contributed by atoms with van der Waals surface area (Å²) in [7, 11) is 0. The Kier molecular flexibility index (Phi) is 7.48. The maximum atomic E-state index is 12.1. The third-order valence-corrected chi connectivity index (χ3v) is 3.96. The zero-order valence-electron chi connectivity index (χ0n) is 14.1. The average Bonchev–Trinajstić information content (AvgIpc) is 2.66. The number of nitrogens with zero attached hydrogens (tertiary/aromatic N) is 1. The molecular formula is C20H23N3O2. The molecule has 0 radical (unpaired) electrons. The Labute approximate surface area is 148 Å². The number of carbonyl (C=O) groups is 1. The van der Waals surface area contributed by atoms with Gasteiger partial charge in [-0.2, -0.15) is 5.26 Å². The van der Waals surface area contributed by atoms with Gasteiger partial charge < -0.3 is 15.7 Å². The first-order valence-corrected chi connectivity index (χ1v) is 8.38. The summed E-state index contributed by atoms with van der Waals surface area (Å²) in [5.74, 6) is 0. The van der Waals surface area contributed by atoms with E-state index in [0.29, 0.717) is 25.8 Å². The van der Waals surface area contributed by atoms with Gasteiger partial charge in [-0.1, -0.05) is 54.6 Å². The summed E-state index contributed by atoms with van der Waals surface area (Å²) in [5, 5.41) is 23.6. The maximum absolute atomic E-state index is 12.1. The summed E-state index contributed by atoms with van der Waals surface area (Å²) in [6, 6.07) is 19.0. The lowest BCUT2D eigenvalue weighted by Crippen LogP contribution is -2.38. The van der Waals surface area contributed by atoms with Crippen LogP contribution in [0.15, 0.2) is 54.6 Å². The molecule has 5 nitrogen and oxygen atoms in total. The lowest BCUT2D eigenvalue weighted by atomic mass is 10.0. The highest BCUT2D eigenvalue weighted by Gasteiger charge is 2.13. The number of rotatable bonds is 8. The van der Waals surface area contributed by atoms with Crippen molar-refractivity contribution >= 4 is 6.03 Å². The Hall–Kier alpha value is -2.84. The second-order valence-corrected chi connectivity index (χ2v) is 5.78. The van der Waals surface area contributed by atoms with Crippen molar-refractivity contribution in [3.8, 4) is 6.07 Å². The van der Waals surface area contributed by atoms with Crippen LogP contribution in [0.2, 0.25) is 0 Å². The van der Waals surface area contributed by atoms with Gasteiger partial charge in [-0.05, 0) is 29.5 Å². The number of aliphatic hydroxyl groups is 1. The predicted octanol–water partition coefficient (Wildman–Crippen LogP) is 3.07. The molecule has 2 amide bonds. The van der Waals surface area contributed by atoms with Gasteiger partial charge in [0.2, 0.25) is 0 Å². The number of nitriles is 1. The van der Waals surface area contributed by atoms with Crippen LogP contribution in [0.3, 0.4) is 0 Å². The van der Waals surface area contributed by atoms with Gasteiger partial charge in [-0.3, -0.25) is 0 Å². The molecule has 25 heavy (non-hydrogen) atoms. The normalized spacial score (nSPS) is 11.4. The Morgan fingerprint density at radius 2 is 1.76 bits per heavy atom. The number of nitrogens with one attached hydrogen (secondary N) is 2. The molecule has 0 bridgehead atoms. The van der Waals surface area contributed by atoms with Crippen molar-refractivity contribution in [2.24, 2.45) is 0 Å². The van der Waals surface area contributed by atoms with Crippen molar-refractivity contribution in [1.29, 1.82) is 5.26 Å². The fourth-order valence-electron chi connectivity index (χ4n) is 2.56. The van der Waals surface area contributed by atoms with Crippen molar-refractivity contribution in [3.05, 3.63) is 71.3 Å². The number of hydrogen-bond donors (Lipinski definition) is 3. The first-order chi connectivity index (χ1) is 12.2. The molecule has 0 aliphatic rings. The molecule has 0 saturated heterocycles. The highest BCUT2D eigenvalue weighted by molar-refractivity contribution is 5.74. The van der Waals surface area contributed by atoms with E-state index in [0.717, 1.165) is 16.7 Å². The molecule has 1 atom stereocenters. The van der Waals surface area contributed by atoms with Crippen LogP contribution in [-0.4, -0.2) is 17.7 Å². The lowest BCUT2D eigenvalue weighted by molar-refractivity contribution is 0.236. The fraction of sp³-hybridized carbons (Fsp3) is 0.300. The predicted molar refractivity (Wildman–Crippen MR) is 96.6 cm³/mol. The summed E-state index contributed by atoms with van der Waals surface area (Å²) in [6.07, 6.45) is 1.68. The standard InChI is InChI=1S/C20H23N3O2/c21-13-4-7-19(18-5-2-1-3-6-18)23-20(25)22-14-12-16-8-10-17(15-24)11-9-16/h1-3,5-6,8-11,19,24H,4,7,12,14-15H2,(H2,22,23,25). The van der Waals surface area contributed by atoms with Crippen LogP contribution in [0, 0.1) is 11.3 Å². The Morgan fingerprint density at radius 3 is 2.40 bits per heavy atom. The topological polar surface area (TPSA) is 85.2 Å². The van der Waals surface area contributed by atoms with E-state index in [2.05, 4.69) is 16.7 Å². The molecule has 0 aliphatic carbocycles. The molecule has 2 aromatic rings. The molecule has 0 heterocycles. The van der Waals surface area contributed by atoms with E-state index in [1.165, 1.54) is 0 Å². The lowest BCUT2D eigenvalue weighted by Gasteiger charge is -2.18. The third-order valence-electron chi connectivity index (χ3n) is 3.96. The number of benzene rings is 2. The summed E-state index contributed by atoms with van der Waals surface area (Å²) >= 11 is 0. The van der Waals surface area contributed by atoms with Crippen molar-refractivity contribution in [1.82, 2.24) is 10.6 Å². The van der Waals surface area contributed by atoms with Crippen molar-refractivity contribution < 1.29 is 9.90 Å². The van der Waals surface area contributed by atoms with E-state index < -0.39 is 0 Å². The van der Waals surface area contributed by atoms with E-state index in [-0.39, 0.29) is 18.7 Å². The van der Waals surface area contributed by atoms with Crippen molar-refractivity contribution in [3.63, 3.8) is 0 Å². The molecule has 2 rings (SSSR count). The first-order valence-electron chi connectivity index (χ1n) is 8.38. The number of carbonyl (C=O) groups excluding carboxylic acids is 1. The minimum Gasteiger partial charge on any atom is -0.392 e. The van der Waals surface area contributed by atoms with E-state index in [1.807, 2.05) is 54.6 Å². The summed E-state index contributed by atoms with van der Waals surface area (Å²) < 4.78 is 0. The molecular weight excluding hydrogens is 314 g/mol. The van der Waals surface area contributed by atoms with Gasteiger partial charge >= 0.3 is 6.03 Å². The van der Waals surface area contributed by atoms with Crippen molar-refractivity contribution in [2.45, 2.75) is 31.9 Å². The van der Waals surface area contributed by atoms with Gasteiger partial charge in [-0.15, -0.1) is 0 Å². The van der Waals surface area contributed by atoms with Crippen LogP contribution in [0.25, 0.3) is 0 Å². The van der Waals surface area contributed by atoms with E-state index in [4.69, 9.17) is 10.4 Å². The summed E-state index contributed by atoms with van der Waals surface area (Å²) in [5.41, 5.74) is 2.96. The molecule has 0 aliphatic heterocycles. The molecule has 1 unspecified atom stereocenters. The van der Waals surface area contributed by atoms with Gasteiger partial charge in [0.1, 0.15) is 0 Å². The third kappa shape index (κ3) is 6.28. The SMILES string of the molecule is N#CCCC(NC(=O)NCCc1ccc(CO)cc1)c1ccccc1. The van der Waals surface area contributed by atoms with Gasteiger partial charge in [0.05, 0.1) is 18.7 Å². The smallest absolute Gasteiger partial charge is 0.315 e. The molecule has 2 aromatic carbocycles. The quantitative estimate of drug-likeness (QED) is 0.692. The van der Waals surface area contributed by atoms with Crippen LogP contribution in [0.4, 0.5) is 4.79 Å². The molecule has 0 saturated carbocycles. The minimum atomic E-state index is -0.237. The second-order valence-electron chi connectivity index (χ2n) is 5.78. The van der Waals surface area contributed by atoms with E-state index in [1.54, 1.807) is 0 Å². The van der Waals surface area contributed by atoms with Gasteiger partial charge in [0.15, 0.2) is 0 Å². The largest absolute Gasteiger partial charge is 0.392 e. The van der Waals surface area contributed by atoms with Gasteiger partial charge in [0, 0.05) is 13.0 Å². The maximum Gasteiger partial charge on any atom is 0.315 e. The highest BCUT2D eigenvalue weighted by Crippen LogP contribution is 2.17. The Bertz CT molecular complexity index is 693. The molecule has 5 heteroatoms. The number of aliphatic hydroxyl groups excluding tert-OH is 1. The number of hydrogen-bond acceptors (Lipinski definition) is 3. The second kappa shape index (κ2) is 10.1. The average molecular weight is 337 g/mol. The van der Waals surface area contributed by atoms with Crippen molar-refractivity contribution in [2.75, 3.05) is 6.54 Å². The van der Waals surface area contributed by atoms with Crippen LogP contribution >= 0.6 is 0 Å². The Balaban J connectivity index is 1.82. The minimum absolute atomic E-state index is 0.0322. The molecule has 0 spiro atoms. The fourth-order valence-corrected chi connectivity index (χ4v) is 2.56. The molecule has 130 valence electrons. The highest BCUT2D eigenvalue weighted by atomic mass is 16.3. The van der Waals surface area contributed by atoms with E-state index in [9.17, 15) is 4.79 Å². The molecule has 0 fully saturated rings. The van der Waals surface area contributed by atoms with Crippen LogP contribution in [0.1, 0.15) is 35.6 Å². The monoisotopic (exact) mass is 337 g/mol. The number of amides is 2. The van der Waals surface area contributed by atoms with Crippen LogP contribution in [0.5, 0.6) is 0 Å². The summed E-state index contributed by atoms with van der Waals surface area (Å²) in [6.45, 7) is 0.550. The van der Waals surface area contributed by atoms with Gasteiger partial charge in [0.25, 0.3) is 0 Å². The van der Waals surface area contributed by atoms with Crippen LogP contribution < -0.4 is 10.6 Å². The van der Waals surface area contributed by atoms with E-state index >= 15 is 0 Å². The van der Waals surface area contributed by atoms with Gasteiger partial charge in [-0.25, -0.2) is 4.79 Å². The zero-order valence-corrected chi connectivity index (χ0v) is 14.1. The number of urea groups is 1. The Morgan fingerprint density at radius 1 is 1.08 bits per heavy atom.